The Hall–Kier alpha value is -1.80. The monoisotopic (exact) mass is 227 g/mol. The molecule has 2 heteroatoms. The molecule has 0 aliphatic carbocycles. The third-order valence-corrected chi connectivity index (χ3v) is 2.72. The van der Waals surface area contributed by atoms with Gasteiger partial charge >= 0.3 is 0 Å². The van der Waals surface area contributed by atoms with Crippen molar-refractivity contribution >= 4 is 0 Å². The largest absolute Gasteiger partial charge is 0.457 e. The van der Waals surface area contributed by atoms with E-state index in [1.54, 1.807) is 0 Å². The second-order valence-corrected chi connectivity index (χ2v) is 4.19. The first-order valence-corrected chi connectivity index (χ1v) is 5.76. The van der Waals surface area contributed by atoms with Crippen LogP contribution in [0.15, 0.2) is 48.5 Å². The van der Waals surface area contributed by atoms with E-state index in [1.165, 1.54) is 0 Å². The maximum Gasteiger partial charge on any atom is 0.132 e. The molecule has 2 rings (SSSR count). The highest BCUT2D eigenvalue weighted by atomic mass is 16.5. The van der Waals surface area contributed by atoms with E-state index < -0.39 is 0 Å². The van der Waals surface area contributed by atoms with Crippen LogP contribution in [0.1, 0.15) is 24.1 Å². The van der Waals surface area contributed by atoms with Crippen molar-refractivity contribution in [3.05, 3.63) is 59.7 Å². The lowest BCUT2D eigenvalue weighted by molar-refractivity contribution is 0.468. The Morgan fingerprint density at radius 3 is 2.18 bits per heavy atom. The lowest BCUT2D eigenvalue weighted by Gasteiger charge is -2.14. The summed E-state index contributed by atoms with van der Waals surface area (Å²) < 4.78 is 5.92. The quantitative estimate of drug-likeness (QED) is 0.865. The molecule has 0 spiro atoms. The van der Waals surface area contributed by atoms with Crippen LogP contribution in [0, 0.1) is 6.92 Å². The molecule has 0 unspecified atom stereocenters. The van der Waals surface area contributed by atoms with Gasteiger partial charge in [0.1, 0.15) is 11.5 Å². The molecule has 1 atom stereocenters. The fourth-order valence-electron chi connectivity index (χ4n) is 1.74. The molecule has 2 nitrogen and oxygen atoms in total. The van der Waals surface area contributed by atoms with Crippen molar-refractivity contribution < 1.29 is 4.74 Å². The number of hydrogen-bond acceptors (Lipinski definition) is 2. The summed E-state index contributed by atoms with van der Waals surface area (Å²) in [7, 11) is 0. The van der Waals surface area contributed by atoms with Gasteiger partial charge in [-0.25, -0.2) is 0 Å². The van der Waals surface area contributed by atoms with Crippen molar-refractivity contribution in [1.82, 2.24) is 0 Å². The molecule has 2 N–H and O–H groups in total. The minimum Gasteiger partial charge on any atom is -0.457 e. The van der Waals surface area contributed by atoms with E-state index in [2.05, 4.69) is 0 Å². The Bertz CT molecular complexity index is 506. The highest BCUT2D eigenvalue weighted by molar-refractivity contribution is 5.41. The van der Waals surface area contributed by atoms with Crippen LogP contribution in [-0.2, 0) is 0 Å². The number of rotatable bonds is 3. The van der Waals surface area contributed by atoms with Crippen molar-refractivity contribution in [2.75, 3.05) is 0 Å². The Labute approximate surface area is 102 Å². The van der Waals surface area contributed by atoms with Gasteiger partial charge in [0.15, 0.2) is 0 Å². The Balaban J connectivity index is 2.34. The van der Waals surface area contributed by atoms with Crippen LogP contribution in [-0.4, -0.2) is 0 Å². The maximum atomic E-state index is 5.93. The molecule has 2 aromatic rings. The molecule has 0 heterocycles. The van der Waals surface area contributed by atoms with Crippen LogP contribution in [0.3, 0.4) is 0 Å². The fourth-order valence-corrected chi connectivity index (χ4v) is 1.74. The molecule has 0 bridgehead atoms. The average molecular weight is 227 g/mol. The van der Waals surface area contributed by atoms with Crippen molar-refractivity contribution in [2.24, 2.45) is 5.73 Å². The Morgan fingerprint density at radius 2 is 1.53 bits per heavy atom. The molecule has 17 heavy (non-hydrogen) atoms. The third kappa shape index (κ3) is 2.66. The van der Waals surface area contributed by atoms with E-state index in [4.69, 9.17) is 10.5 Å². The molecule has 0 aliphatic rings. The van der Waals surface area contributed by atoms with E-state index in [0.717, 1.165) is 22.6 Å². The molecular formula is C15H17NO. The molecule has 0 aliphatic heterocycles. The van der Waals surface area contributed by atoms with Crippen molar-refractivity contribution in [1.29, 1.82) is 0 Å². The molecule has 0 fully saturated rings. The highest BCUT2D eigenvalue weighted by Crippen LogP contribution is 2.30. The summed E-state index contributed by atoms with van der Waals surface area (Å²) in [6.45, 7) is 3.99. The molecule has 0 saturated carbocycles. The minimum atomic E-state index is -0.0322. The van der Waals surface area contributed by atoms with E-state index >= 15 is 0 Å². The van der Waals surface area contributed by atoms with Crippen LogP contribution in [0.5, 0.6) is 11.5 Å². The van der Waals surface area contributed by atoms with E-state index in [-0.39, 0.29) is 6.04 Å². The lowest BCUT2D eigenvalue weighted by atomic mass is 10.1. The average Bonchev–Trinajstić information content (AvgIpc) is 2.32. The number of benzene rings is 2. The first-order valence-electron chi connectivity index (χ1n) is 5.76. The van der Waals surface area contributed by atoms with Gasteiger partial charge in [-0.05, 0) is 31.5 Å². The van der Waals surface area contributed by atoms with Gasteiger partial charge in [-0.3, -0.25) is 0 Å². The summed E-state index contributed by atoms with van der Waals surface area (Å²) >= 11 is 0. The number of aryl methyl sites for hydroxylation is 1. The molecule has 0 aromatic heterocycles. The van der Waals surface area contributed by atoms with Gasteiger partial charge in [-0.1, -0.05) is 36.4 Å². The molecule has 2 aromatic carbocycles. The maximum absolute atomic E-state index is 5.93. The SMILES string of the molecule is Cc1ccccc1Oc1ccccc1[C@@H](C)N. The van der Waals surface area contributed by atoms with E-state index in [9.17, 15) is 0 Å². The molecule has 0 saturated heterocycles. The topological polar surface area (TPSA) is 35.2 Å². The number of nitrogens with two attached hydrogens (primary N) is 1. The number of hydrogen-bond donors (Lipinski definition) is 1. The fraction of sp³-hybridized carbons (Fsp3) is 0.200. The summed E-state index contributed by atoms with van der Waals surface area (Å²) in [4.78, 5) is 0. The molecule has 88 valence electrons. The lowest BCUT2D eigenvalue weighted by Crippen LogP contribution is -2.06. The van der Waals surface area contributed by atoms with Crippen molar-refractivity contribution in [3.63, 3.8) is 0 Å². The van der Waals surface area contributed by atoms with Gasteiger partial charge in [0.25, 0.3) is 0 Å². The van der Waals surface area contributed by atoms with E-state index in [1.807, 2.05) is 62.4 Å². The van der Waals surface area contributed by atoms with Gasteiger partial charge in [-0.15, -0.1) is 0 Å². The predicted molar refractivity (Wildman–Crippen MR) is 70.3 cm³/mol. The van der Waals surface area contributed by atoms with Crippen molar-refractivity contribution in [2.45, 2.75) is 19.9 Å². The zero-order chi connectivity index (χ0) is 12.3. The molecular weight excluding hydrogens is 210 g/mol. The van der Waals surface area contributed by atoms with Crippen molar-refractivity contribution in [3.8, 4) is 11.5 Å². The number of para-hydroxylation sites is 2. The Kier molecular flexibility index (Phi) is 3.45. The second kappa shape index (κ2) is 5.02. The van der Waals surface area contributed by atoms with Gasteiger partial charge < -0.3 is 10.5 Å². The zero-order valence-corrected chi connectivity index (χ0v) is 10.2. The minimum absolute atomic E-state index is 0.0322. The van der Waals surface area contributed by atoms with Crippen LogP contribution >= 0.6 is 0 Å². The smallest absolute Gasteiger partial charge is 0.132 e. The highest BCUT2D eigenvalue weighted by Gasteiger charge is 2.08. The van der Waals surface area contributed by atoms with Gasteiger partial charge in [-0.2, -0.15) is 0 Å². The summed E-state index contributed by atoms with van der Waals surface area (Å²) in [5.41, 5.74) is 8.07. The van der Waals surface area contributed by atoms with E-state index in [0.29, 0.717) is 0 Å². The van der Waals surface area contributed by atoms with Gasteiger partial charge in [0.2, 0.25) is 0 Å². The number of ether oxygens (including phenoxy) is 1. The predicted octanol–water partition coefficient (Wildman–Crippen LogP) is 3.81. The molecule has 0 amide bonds. The second-order valence-electron chi connectivity index (χ2n) is 4.19. The first kappa shape index (κ1) is 11.7. The normalized spacial score (nSPS) is 12.2. The summed E-state index contributed by atoms with van der Waals surface area (Å²) in [6, 6.07) is 15.8. The van der Waals surface area contributed by atoms with Crippen LogP contribution in [0.4, 0.5) is 0 Å². The van der Waals surface area contributed by atoms with Gasteiger partial charge in [0.05, 0.1) is 0 Å². The third-order valence-electron chi connectivity index (χ3n) is 2.72. The molecule has 0 radical (unpaired) electrons. The zero-order valence-electron chi connectivity index (χ0n) is 10.2. The summed E-state index contributed by atoms with van der Waals surface area (Å²) in [6.07, 6.45) is 0. The van der Waals surface area contributed by atoms with Crippen LogP contribution < -0.4 is 10.5 Å². The van der Waals surface area contributed by atoms with Crippen LogP contribution in [0.2, 0.25) is 0 Å². The summed E-state index contributed by atoms with van der Waals surface area (Å²) in [5.74, 6) is 1.71. The van der Waals surface area contributed by atoms with Crippen LogP contribution in [0.25, 0.3) is 0 Å². The summed E-state index contributed by atoms with van der Waals surface area (Å²) in [5, 5.41) is 0. The Morgan fingerprint density at radius 1 is 0.941 bits per heavy atom. The first-order chi connectivity index (χ1) is 8.18. The van der Waals surface area contributed by atoms with Gasteiger partial charge in [0, 0.05) is 11.6 Å². The standard InChI is InChI=1S/C15H17NO/c1-11-7-3-5-9-14(11)17-15-10-6-4-8-13(15)12(2)16/h3-10,12H,16H2,1-2H3/t12-/m1/s1.